The van der Waals surface area contributed by atoms with Crippen LogP contribution in [0.2, 0.25) is 0 Å². The van der Waals surface area contributed by atoms with E-state index in [9.17, 15) is 19.2 Å². The number of nitrogens with zero attached hydrogens (tertiary/aromatic N) is 1. The summed E-state index contributed by atoms with van der Waals surface area (Å²) in [5.41, 5.74) is -0.398. The molecule has 0 bridgehead atoms. The van der Waals surface area contributed by atoms with E-state index in [4.69, 9.17) is 4.74 Å². The van der Waals surface area contributed by atoms with Gasteiger partial charge in [-0.15, -0.1) is 0 Å². The monoisotopic (exact) mass is 460 g/mol. The second-order valence-corrected chi connectivity index (χ2v) is 9.05. The van der Waals surface area contributed by atoms with Crippen LogP contribution < -0.4 is 5.32 Å². The molecule has 1 fully saturated rings. The molecule has 7 heteroatoms. The minimum Gasteiger partial charge on any atom is -0.373 e. The van der Waals surface area contributed by atoms with Crippen LogP contribution in [0.25, 0.3) is 0 Å². The Balaban J connectivity index is 0.00000106. The smallest absolute Gasteiger partial charge is 0.251 e. The predicted octanol–water partition coefficient (Wildman–Crippen LogP) is 4.06. The number of rotatable bonds is 11. The number of hydrogen-bond donors (Lipinski definition) is 1. The van der Waals surface area contributed by atoms with Crippen molar-refractivity contribution in [1.82, 2.24) is 10.2 Å². The predicted molar refractivity (Wildman–Crippen MR) is 131 cm³/mol. The van der Waals surface area contributed by atoms with Crippen molar-refractivity contribution in [3.63, 3.8) is 0 Å². The van der Waals surface area contributed by atoms with E-state index in [-0.39, 0.29) is 23.5 Å². The first-order valence-corrected chi connectivity index (χ1v) is 11.2. The van der Waals surface area contributed by atoms with Crippen molar-refractivity contribution in [3.8, 4) is 0 Å². The first-order valence-electron chi connectivity index (χ1n) is 11.2. The minimum absolute atomic E-state index is 0.00866. The summed E-state index contributed by atoms with van der Waals surface area (Å²) in [7, 11) is 1.51. The van der Waals surface area contributed by atoms with Crippen LogP contribution in [0.5, 0.6) is 0 Å². The highest BCUT2D eigenvalue weighted by Crippen LogP contribution is 2.20. The molecule has 0 aromatic rings. The molecule has 3 amide bonds. The van der Waals surface area contributed by atoms with Crippen LogP contribution in [-0.2, 0) is 23.9 Å². The molecule has 0 aliphatic carbocycles. The van der Waals surface area contributed by atoms with Crippen LogP contribution in [0.1, 0.15) is 67.2 Å². The van der Waals surface area contributed by atoms with Crippen LogP contribution in [0.15, 0.2) is 48.6 Å². The molecule has 1 N–H and O–H groups in total. The Labute approximate surface area is 198 Å². The molecule has 1 saturated heterocycles. The molecule has 0 spiro atoms. The molecule has 0 radical (unpaired) electrons. The Bertz CT molecular complexity index is 787. The van der Waals surface area contributed by atoms with Crippen molar-refractivity contribution in [1.29, 1.82) is 0 Å². The SMILES string of the molecule is C=CC(=O)CCC(C)(C)OCC(C)(C)NC(=O)C(/C=C\C)=C/C=C\C.CN1C(=O)CCC1=O. The molecule has 0 saturated carbocycles. The molecule has 0 unspecified atom stereocenters. The van der Waals surface area contributed by atoms with Gasteiger partial charge in [0.2, 0.25) is 11.8 Å². The molecule has 1 aliphatic heterocycles. The molecule has 7 nitrogen and oxygen atoms in total. The van der Waals surface area contributed by atoms with Crippen molar-refractivity contribution in [2.75, 3.05) is 13.7 Å². The standard InChI is InChI=1S/C21H33NO3.C5H7NO2/c1-8-11-13-17(12-9-2)19(24)22-20(4,5)16-25-21(6,7)15-14-18(23)10-3;1-6-4(7)2-3-5(6)8/h8-13H,3,14-16H2,1-2,4-7H3,(H,22,24);2-3H2,1H3/b11-8-,12-9-,17-13+;. The third-order valence-electron chi connectivity index (χ3n) is 4.85. The lowest BCUT2D eigenvalue weighted by Gasteiger charge is -2.32. The normalized spacial score (nSPS) is 15.1. The number of hydrogen-bond acceptors (Lipinski definition) is 5. The molecular formula is C26H40N2O5. The fraction of sp³-hybridized carbons (Fsp3) is 0.538. The summed E-state index contributed by atoms with van der Waals surface area (Å²) < 4.78 is 5.96. The lowest BCUT2D eigenvalue weighted by molar-refractivity contribution is -0.136. The number of allylic oxidation sites excluding steroid dienone is 5. The number of ether oxygens (including phenoxy) is 1. The molecule has 0 aromatic carbocycles. The Morgan fingerprint density at radius 3 is 2.09 bits per heavy atom. The Hall–Kier alpha value is -2.80. The van der Waals surface area contributed by atoms with Crippen LogP contribution in [0.4, 0.5) is 0 Å². The van der Waals surface area contributed by atoms with E-state index >= 15 is 0 Å². The van der Waals surface area contributed by atoms with Crippen molar-refractivity contribution in [2.24, 2.45) is 0 Å². The largest absolute Gasteiger partial charge is 0.373 e. The fourth-order valence-corrected chi connectivity index (χ4v) is 2.66. The molecule has 1 rings (SSSR count). The van der Waals surface area contributed by atoms with Gasteiger partial charge in [0.25, 0.3) is 5.91 Å². The van der Waals surface area contributed by atoms with Crippen molar-refractivity contribution < 1.29 is 23.9 Å². The van der Waals surface area contributed by atoms with Crippen LogP contribution in [0.3, 0.4) is 0 Å². The number of imide groups is 1. The Morgan fingerprint density at radius 1 is 1.09 bits per heavy atom. The number of likely N-dealkylation sites (tertiary alicyclic amines) is 1. The second-order valence-electron chi connectivity index (χ2n) is 9.05. The van der Waals surface area contributed by atoms with E-state index in [1.165, 1.54) is 18.0 Å². The summed E-state index contributed by atoms with van der Waals surface area (Å²) in [5, 5.41) is 3.00. The third-order valence-corrected chi connectivity index (χ3v) is 4.85. The molecule has 0 aromatic heterocycles. The van der Waals surface area contributed by atoms with Gasteiger partial charge in [0, 0.05) is 31.9 Å². The fourth-order valence-electron chi connectivity index (χ4n) is 2.66. The van der Waals surface area contributed by atoms with E-state index in [2.05, 4.69) is 11.9 Å². The maximum absolute atomic E-state index is 12.5. The highest BCUT2D eigenvalue weighted by molar-refractivity contribution is 6.01. The van der Waals surface area contributed by atoms with Gasteiger partial charge in [-0.1, -0.05) is 30.9 Å². The van der Waals surface area contributed by atoms with Gasteiger partial charge in [-0.3, -0.25) is 24.1 Å². The van der Waals surface area contributed by atoms with Crippen molar-refractivity contribution >= 4 is 23.5 Å². The minimum atomic E-state index is -0.534. The molecule has 1 heterocycles. The van der Waals surface area contributed by atoms with Gasteiger partial charge >= 0.3 is 0 Å². The zero-order valence-electron chi connectivity index (χ0n) is 21.2. The van der Waals surface area contributed by atoms with Crippen molar-refractivity contribution in [2.45, 2.75) is 78.4 Å². The summed E-state index contributed by atoms with van der Waals surface area (Å²) in [4.78, 5) is 46.0. The van der Waals surface area contributed by atoms with Crippen molar-refractivity contribution in [3.05, 3.63) is 48.6 Å². The molecular weight excluding hydrogens is 420 g/mol. The number of carbonyl (C=O) groups is 4. The van der Waals surface area contributed by atoms with Gasteiger partial charge in [-0.25, -0.2) is 0 Å². The van der Waals surface area contributed by atoms with Gasteiger partial charge < -0.3 is 10.1 Å². The van der Waals surface area contributed by atoms with Gasteiger partial charge in [0.05, 0.1) is 17.7 Å². The van der Waals surface area contributed by atoms with E-state index in [0.717, 1.165) is 0 Å². The number of nitrogens with one attached hydrogen (secondary N) is 1. The van der Waals surface area contributed by atoms with Crippen LogP contribution in [-0.4, -0.2) is 53.2 Å². The van der Waals surface area contributed by atoms with Gasteiger partial charge in [-0.2, -0.15) is 0 Å². The number of ketones is 1. The molecule has 1 aliphatic rings. The molecule has 33 heavy (non-hydrogen) atoms. The number of carbonyl (C=O) groups excluding carboxylic acids is 4. The van der Waals surface area contributed by atoms with Gasteiger partial charge in [0.1, 0.15) is 0 Å². The summed E-state index contributed by atoms with van der Waals surface area (Å²) in [6, 6.07) is 0. The molecule has 184 valence electrons. The van der Waals surface area contributed by atoms with Gasteiger partial charge in [0.15, 0.2) is 5.78 Å². The zero-order chi connectivity index (χ0) is 25.7. The highest BCUT2D eigenvalue weighted by atomic mass is 16.5. The molecule has 0 atom stereocenters. The highest BCUT2D eigenvalue weighted by Gasteiger charge is 2.27. The summed E-state index contributed by atoms with van der Waals surface area (Å²) in [5.74, 6) is -0.260. The van der Waals surface area contributed by atoms with E-state index in [1.54, 1.807) is 12.2 Å². The average molecular weight is 461 g/mol. The third kappa shape index (κ3) is 12.7. The van der Waals surface area contributed by atoms with E-state index in [0.29, 0.717) is 37.9 Å². The number of amides is 3. The summed E-state index contributed by atoms with van der Waals surface area (Å²) >= 11 is 0. The Morgan fingerprint density at radius 2 is 1.67 bits per heavy atom. The lowest BCUT2D eigenvalue weighted by Crippen LogP contribution is -2.49. The quantitative estimate of drug-likeness (QED) is 0.285. The topological polar surface area (TPSA) is 92.8 Å². The van der Waals surface area contributed by atoms with Gasteiger partial charge in [-0.05, 0) is 60.1 Å². The Kier molecular flexibility index (Phi) is 13.1. The maximum atomic E-state index is 12.5. The van der Waals surface area contributed by atoms with Crippen LogP contribution in [0, 0.1) is 0 Å². The lowest BCUT2D eigenvalue weighted by atomic mass is 9.99. The average Bonchev–Trinajstić information content (AvgIpc) is 3.04. The summed E-state index contributed by atoms with van der Waals surface area (Å²) in [6.45, 7) is 15.3. The maximum Gasteiger partial charge on any atom is 0.251 e. The first-order chi connectivity index (χ1) is 15.3. The summed E-state index contributed by atoms with van der Waals surface area (Å²) in [6.07, 6.45) is 12.2. The second kappa shape index (κ2) is 14.4. The first kappa shape index (κ1) is 30.2. The zero-order valence-corrected chi connectivity index (χ0v) is 21.2. The van der Waals surface area contributed by atoms with E-state index in [1.807, 2.05) is 59.8 Å². The van der Waals surface area contributed by atoms with E-state index < -0.39 is 11.1 Å². The van der Waals surface area contributed by atoms with Crippen LogP contribution >= 0.6 is 0 Å².